The first kappa shape index (κ1) is 15.1. The summed E-state index contributed by atoms with van der Waals surface area (Å²) in [7, 11) is 0. The lowest BCUT2D eigenvalue weighted by molar-refractivity contribution is 0.0206. The lowest BCUT2D eigenvalue weighted by Gasteiger charge is -2.18. The van der Waals surface area contributed by atoms with Gasteiger partial charge in [0.2, 0.25) is 0 Å². The molecule has 0 heterocycles. The lowest BCUT2D eigenvalue weighted by Crippen LogP contribution is -2.25. The average Bonchev–Trinajstić information content (AvgIpc) is 2.38. The highest BCUT2D eigenvalue weighted by Crippen LogP contribution is 2.23. The Morgan fingerprint density at radius 3 is 1.81 bits per heavy atom. The van der Waals surface area contributed by atoms with Gasteiger partial charge in [0.25, 0.3) is 0 Å². The first-order valence-corrected chi connectivity index (χ1v) is 6.91. The molecule has 2 rings (SSSR count). The highest BCUT2D eigenvalue weighted by molar-refractivity contribution is 5.67. The number of hydrogen-bond donors (Lipinski definition) is 0. The molecule has 2 aromatic carbocycles. The van der Waals surface area contributed by atoms with E-state index in [1.807, 2.05) is 12.1 Å². The number of ether oxygens (including phenoxy) is 2. The van der Waals surface area contributed by atoms with E-state index in [0.29, 0.717) is 5.75 Å². The van der Waals surface area contributed by atoms with Gasteiger partial charge in [-0.3, -0.25) is 0 Å². The van der Waals surface area contributed by atoms with Crippen LogP contribution in [0.3, 0.4) is 0 Å². The molecule has 0 spiro atoms. The van der Waals surface area contributed by atoms with Crippen LogP contribution in [-0.4, -0.2) is 11.8 Å². The molecule has 0 amide bonds. The first-order valence-electron chi connectivity index (χ1n) is 6.91. The summed E-state index contributed by atoms with van der Waals surface area (Å²) in [6.07, 6.45) is -0.689. The summed E-state index contributed by atoms with van der Waals surface area (Å²) in [5.41, 5.74) is 2.87. The molecule has 2 aromatic rings. The summed E-state index contributed by atoms with van der Waals surface area (Å²) >= 11 is 0. The Kier molecular flexibility index (Phi) is 4.32. The second kappa shape index (κ2) is 6.00. The van der Waals surface area contributed by atoms with Crippen molar-refractivity contribution >= 4 is 6.16 Å². The zero-order valence-electron chi connectivity index (χ0n) is 12.8. The van der Waals surface area contributed by atoms with Crippen molar-refractivity contribution in [2.45, 2.75) is 33.3 Å². The fourth-order valence-corrected chi connectivity index (χ4v) is 1.83. The standard InChI is InChI=1S/C18H20O3/c1-13-5-7-14(8-6-13)15-9-11-16(12-10-15)20-17(19)21-18(2,3)4/h5-12H,1-4H3. The molecule has 0 aliphatic heterocycles. The third kappa shape index (κ3) is 4.63. The van der Waals surface area contributed by atoms with Crippen molar-refractivity contribution in [3.8, 4) is 16.9 Å². The number of hydrogen-bond acceptors (Lipinski definition) is 3. The van der Waals surface area contributed by atoms with Crippen LogP contribution in [-0.2, 0) is 4.74 Å². The average molecular weight is 284 g/mol. The minimum absolute atomic E-state index is 0.472. The van der Waals surface area contributed by atoms with Crippen molar-refractivity contribution in [3.63, 3.8) is 0 Å². The van der Waals surface area contributed by atoms with Gasteiger partial charge in [-0.05, 0) is 51.0 Å². The summed E-state index contributed by atoms with van der Waals surface area (Å²) in [5, 5.41) is 0. The number of carbonyl (C=O) groups excluding carboxylic acids is 1. The molecular weight excluding hydrogens is 264 g/mol. The first-order chi connectivity index (χ1) is 9.83. The van der Waals surface area contributed by atoms with Crippen molar-refractivity contribution in [2.24, 2.45) is 0 Å². The summed E-state index contributed by atoms with van der Waals surface area (Å²) in [6.45, 7) is 7.46. The van der Waals surface area contributed by atoms with Crippen LogP contribution < -0.4 is 4.74 Å². The fourth-order valence-electron chi connectivity index (χ4n) is 1.83. The van der Waals surface area contributed by atoms with Gasteiger partial charge in [0.05, 0.1) is 0 Å². The van der Waals surface area contributed by atoms with Gasteiger partial charge in [-0.25, -0.2) is 4.79 Å². The van der Waals surface area contributed by atoms with Crippen LogP contribution >= 0.6 is 0 Å². The Morgan fingerprint density at radius 2 is 1.33 bits per heavy atom. The third-order valence-corrected chi connectivity index (χ3v) is 2.83. The van der Waals surface area contributed by atoms with E-state index in [1.54, 1.807) is 32.9 Å². The molecule has 0 saturated heterocycles. The molecule has 0 N–H and O–H groups in total. The van der Waals surface area contributed by atoms with Gasteiger partial charge in [-0.1, -0.05) is 42.0 Å². The normalized spacial score (nSPS) is 11.0. The minimum atomic E-state index is -0.689. The maximum Gasteiger partial charge on any atom is 0.514 e. The van der Waals surface area contributed by atoms with Crippen LogP contribution in [0, 0.1) is 6.92 Å². The van der Waals surface area contributed by atoms with Crippen LogP contribution in [0.2, 0.25) is 0 Å². The Bertz CT molecular complexity index is 604. The molecule has 3 heteroatoms. The maximum absolute atomic E-state index is 11.6. The second-order valence-electron chi connectivity index (χ2n) is 5.96. The topological polar surface area (TPSA) is 35.5 Å². The molecular formula is C18H20O3. The summed E-state index contributed by atoms with van der Waals surface area (Å²) in [4.78, 5) is 11.6. The SMILES string of the molecule is Cc1ccc(-c2ccc(OC(=O)OC(C)(C)C)cc2)cc1. The quantitative estimate of drug-likeness (QED) is 0.576. The maximum atomic E-state index is 11.6. The number of carbonyl (C=O) groups is 1. The number of benzene rings is 2. The van der Waals surface area contributed by atoms with E-state index in [9.17, 15) is 4.79 Å². The number of rotatable bonds is 2. The molecule has 0 atom stereocenters. The summed E-state index contributed by atoms with van der Waals surface area (Å²) < 4.78 is 10.2. The van der Waals surface area contributed by atoms with Crippen molar-refractivity contribution in [2.75, 3.05) is 0 Å². The van der Waals surface area contributed by atoms with E-state index in [4.69, 9.17) is 9.47 Å². The van der Waals surface area contributed by atoms with Crippen molar-refractivity contribution in [1.29, 1.82) is 0 Å². The van der Waals surface area contributed by atoms with Gasteiger partial charge < -0.3 is 9.47 Å². The molecule has 0 saturated carbocycles. The lowest BCUT2D eigenvalue weighted by atomic mass is 10.0. The van der Waals surface area contributed by atoms with E-state index in [1.165, 1.54) is 5.56 Å². The Morgan fingerprint density at radius 1 is 0.857 bits per heavy atom. The van der Waals surface area contributed by atoms with Gasteiger partial charge >= 0.3 is 6.16 Å². The molecule has 0 unspecified atom stereocenters. The van der Waals surface area contributed by atoms with Gasteiger partial charge in [0.15, 0.2) is 0 Å². The zero-order chi connectivity index (χ0) is 15.5. The van der Waals surface area contributed by atoms with Crippen LogP contribution in [0.25, 0.3) is 11.1 Å². The van der Waals surface area contributed by atoms with Crippen LogP contribution in [0.5, 0.6) is 5.75 Å². The van der Waals surface area contributed by atoms with Crippen molar-refractivity contribution in [1.82, 2.24) is 0 Å². The van der Waals surface area contributed by atoms with Gasteiger partial charge in [-0.2, -0.15) is 0 Å². The van der Waals surface area contributed by atoms with Crippen molar-refractivity contribution < 1.29 is 14.3 Å². The molecule has 3 nitrogen and oxygen atoms in total. The van der Waals surface area contributed by atoms with E-state index < -0.39 is 11.8 Å². The van der Waals surface area contributed by atoms with Crippen LogP contribution in [0.15, 0.2) is 48.5 Å². The molecule has 110 valence electrons. The zero-order valence-corrected chi connectivity index (χ0v) is 12.8. The van der Waals surface area contributed by atoms with Gasteiger partial charge in [0, 0.05) is 0 Å². The van der Waals surface area contributed by atoms with E-state index in [-0.39, 0.29) is 0 Å². The molecule has 0 aromatic heterocycles. The van der Waals surface area contributed by atoms with E-state index in [2.05, 4.69) is 31.2 Å². The van der Waals surface area contributed by atoms with Gasteiger partial charge in [-0.15, -0.1) is 0 Å². The molecule has 0 aliphatic carbocycles. The molecule has 0 aliphatic rings. The summed E-state index contributed by atoms with van der Waals surface area (Å²) in [5.74, 6) is 0.472. The molecule has 0 radical (unpaired) electrons. The van der Waals surface area contributed by atoms with Crippen molar-refractivity contribution in [3.05, 3.63) is 54.1 Å². The van der Waals surface area contributed by atoms with Crippen LogP contribution in [0.4, 0.5) is 4.79 Å². The van der Waals surface area contributed by atoms with E-state index >= 15 is 0 Å². The van der Waals surface area contributed by atoms with Gasteiger partial charge in [0.1, 0.15) is 11.4 Å². The number of aryl methyl sites for hydroxylation is 1. The highest BCUT2D eigenvalue weighted by Gasteiger charge is 2.17. The predicted molar refractivity (Wildman–Crippen MR) is 83.5 cm³/mol. The largest absolute Gasteiger partial charge is 0.514 e. The Balaban J connectivity index is 2.05. The van der Waals surface area contributed by atoms with Crippen LogP contribution in [0.1, 0.15) is 26.3 Å². The smallest absolute Gasteiger partial charge is 0.428 e. The highest BCUT2D eigenvalue weighted by atomic mass is 16.7. The Hall–Kier alpha value is -2.29. The minimum Gasteiger partial charge on any atom is -0.428 e. The molecule has 0 bridgehead atoms. The summed E-state index contributed by atoms with van der Waals surface area (Å²) in [6, 6.07) is 15.6. The second-order valence-corrected chi connectivity index (χ2v) is 5.96. The molecule has 21 heavy (non-hydrogen) atoms. The predicted octanol–water partition coefficient (Wildman–Crippen LogP) is 4.98. The molecule has 0 fully saturated rings. The third-order valence-electron chi connectivity index (χ3n) is 2.83. The monoisotopic (exact) mass is 284 g/mol. The Labute approximate surface area is 125 Å². The fraction of sp³-hybridized carbons (Fsp3) is 0.278. The van der Waals surface area contributed by atoms with E-state index in [0.717, 1.165) is 11.1 Å².